The first-order valence-corrected chi connectivity index (χ1v) is 10.9. The molecule has 1 N–H and O–H groups in total. The number of rotatable bonds is 4. The van der Waals surface area contributed by atoms with Crippen LogP contribution in [0.1, 0.15) is 16.8 Å². The van der Waals surface area contributed by atoms with Gasteiger partial charge in [0.05, 0.1) is 24.3 Å². The minimum atomic E-state index is -3.71. The molecule has 4 rings (SSSR count). The molecule has 1 amide bonds. The van der Waals surface area contributed by atoms with Crippen LogP contribution in [0.3, 0.4) is 0 Å². The van der Waals surface area contributed by atoms with Gasteiger partial charge in [0.2, 0.25) is 5.96 Å². The molecule has 0 spiro atoms. The lowest BCUT2D eigenvalue weighted by Gasteiger charge is -2.28. The van der Waals surface area contributed by atoms with Crippen molar-refractivity contribution in [2.24, 2.45) is 9.98 Å². The molecule has 2 aliphatic rings. The van der Waals surface area contributed by atoms with Gasteiger partial charge >= 0.3 is 0 Å². The molecular formula is C21H19FN4O4S. The quantitative estimate of drug-likeness (QED) is 0.786. The molecule has 0 atom stereocenters. The highest BCUT2D eigenvalue weighted by Gasteiger charge is 2.28. The topological polar surface area (TPSA) is 100 Å². The predicted molar refractivity (Wildman–Crippen MR) is 113 cm³/mol. The normalized spacial score (nSPS) is 15.9. The van der Waals surface area contributed by atoms with Crippen molar-refractivity contribution in [2.75, 3.05) is 20.2 Å². The first-order chi connectivity index (χ1) is 14.9. The largest absolute Gasteiger partial charge is 0.497 e. The van der Waals surface area contributed by atoms with Crippen molar-refractivity contribution in [1.82, 2.24) is 9.62 Å². The van der Waals surface area contributed by atoms with Crippen LogP contribution in [0.15, 0.2) is 75.2 Å². The molecule has 0 bridgehead atoms. The van der Waals surface area contributed by atoms with Crippen LogP contribution in [-0.2, 0) is 10.0 Å². The number of methoxy groups -OCH3 is 1. The van der Waals surface area contributed by atoms with E-state index < -0.39 is 21.7 Å². The summed E-state index contributed by atoms with van der Waals surface area (Å²) in [6.45, 7) is 0.405. The molecule has 160 valence electrons. The molecule has 0 saturated heterocycles. The Morgan fingerprint density at radius 3 is 2.52 bits per heavy atom. The molecule has 0 radical (unpaired) electrons. The molecule has 31 heavy (non-hydrogen) atoms. The van der Waals surface area contributed by atoms with E-state index in [4.69, 9.17) is 4.74 Å². The Morgan fingerprint density at radius 2 is 1.84 bits per heavy atom. The monoisotopic (exact) mass is 442 g/mol. The van der Waals surface area contributed by atoms with Gasteiger partial charge < -0.3 is 4.74 Å². The van der Waals surface area contributed by atoms with E-state index in [0.29, 0.717) is 23.5 Å². The van der Waals surface area contributed by atoms with Crippen molar-refractivity contribution >= 4 is 27.6 Å². The lowest BCUT2D eigenvalue weighted by atomic mass is 10.1. The summed E-state index contributed by atoms with van der Waals surface area (Å²) in [7, 11) is -2.20. The zero-order valence-electron chi connectivity index (χ0n) is 16.6. The predicted octanol–water partition coefficient (Wildman–Crippen LogP) is 2.35. The van der Waals surface area contributed by atoms with E-state index in [1.165, 1.54) is 54.0 Å². The van der Waals surface area contributed by atoms with E-state index >= 15 is 0 Å². The average Bonchev–Trinajstić information content (AvgIpc) is 2.79. The molecule has 2 aromatic carbocycles. The number of hydrogen-bond acceptors (Lipinski definition) is 6. The summed E-state index contributed by atoms with van der Waals surface area (Å²) in [5, 5.41) is 2.60. The highest BCUT2D eigenvalue weighted by atomic mass is 32.2. The molecule has 0 aliphatic carbocycles. The summed E-state index contributed by atoms with van der Waals surface area (Å²) in [4.78, 5) is 21.0. The molecule has 2 heterocycles. The van der Waals surface area contributed by atoms with Gasteiger partial charge in [0.1, 0.15) is 11.6 Å². The molecule has 0 aromatic heterocycles. The lowest BCUT2D eigenvalue weighted by molar-refractivity contribution is 0.0976. The number of carbonyl (C=O) groups is 1. The second-order valence-electron chi connectivity index (χ2n) is 6.85. The van der Waals surface area contributed by atoms with Gasteiger partial charge in [0.15, 0.2) is 0 Å². The maximum atomic E-state index is 13.0. The minimum Gasteiger partial charge on any atom is -0.497 e. The van der Waals surface area contributed by atoms with E-state index in [2.05, 4.69) is 15.3 Å². The minimum absolute atomic E-state index is 0.146. The van der Waals surface area contributed by atoms with E-state index in [1.807, 2.05) is 0 Å². The van der Waals surface area contributed by atoms with Crippen molar-refractivity contribution < 1.29 is 22.3 Å². The van der Waals surface area contributed by atoms with Crippen molar-refractivity contribution in [3.8, 4) is 5.75 Å². The van der Waals surface area contributed by atoms with Crippen molar-refractivity contribution in [1.29, 1.82) is 0 Å². The average molecular weight is 442 g/mol. The number of sulfonamides is 1. The van der Waals surface area contributed by atoms with E-state index in [0.717, 1.165) is 0 Å². The number of halogens is 1. The molecule has 8 nitrogen and oxygen atoms in total. The molecule has 2 aliphatic heterocycles. The number of nitrogens with zero attached hydrogens (tertiary/aromatic N) is 3. The number of amides is 1. The van der Waals surface area contributed by atoms with Crippen LogP contribution in [0.2, 0.25) is 0 Å². The number of guanidine groups is 1. The number of nitrogens with one attached hydrogen (secondary N) is 1. The Hall–Kier alpha value is -3.53. The van der Waals surface area contributed by atoms with Gasteiger partial charge in [-0.25, -0.2) is 22.8 Å². The van der Waals surface area contributed by atoms with Crippen LogP contribution in [0, 0.1) is 5.82 Å². The number of fused-ring (bicyclic) bond motifs is 1. The summed E-state index contributed by atoms with van der Waals surface area (Å²) >= 11 is 0. The van der Waals surface area contributed by atoms with Gasteiger partial charge in [-0.1, -0.05) is 0 Å². The Morgan fingerprint density at radius 1 is 1.13 bits per heavy atom. The fourth-order valence-corrected chi connectivity index (χ4v) is 4.54. The Balaban J connectivity index is 1.48. The summed E-state index contributed by atoms with van der Waals surface area (Å²) < 4.78 is 45.2. The Kier molecular flexibility index (Phi) is 5.55. The molecule has 0 unspecified atom stereocenters. The van der Waals surface area contributed by atoms with Crippen molar-refractivity contribution in [3.05, 3.63) is 71.7 Å². The first-order valence-electron chi connectivity index (χ1n) is 9.43. The van der Waals surface area contributed by atoms with Crippen LogP contribution >= 0.6 is 0 Å². The van der Waals surface area contributed by atoms with Gasteiger partial charge in [-0.15, -0.1) is 0 Å². The lowest BCUT2D eigenvalue weighted by Crippen LogP contribution is -2.37. The van der Waals surface area contributed by atoms with Gasteiger partial charge in [0, 0.05) is 30.3 Å². The smallest absolute Gasteiger partial charge is 0.263 e. The Bertz CT molecular complexity index is 1200. The number of ether oxygens (including phenoxy) is 1. The molecular weight excluding hydrogens is 423 g/mol. The fourth-order valence-electron chi connectivity index (χ4n) is 3.19. The SMILES string of the molecule is COc1ccc(S(=O)(=O)N2C=C3CN=C(NC(=O)c4ccc(F)cc4)N=C3CC2)cc1. The zero-order valence-corrected chi connectivity index (χ0v) is 17.4. The van der Waals surface area contributed by atoms with E-state index in [1.54, 1.807) is 12.1 Å². The maximum absolute atomic E-state index is 13.0. The third kappa shape index (κ3) is 4.33. The van der Waals surface area contributed by atoms with Gasteiger partial charge in [-0.3, -0.25) is 14.4 Å². The van der Waals surface area contributed by atoms with Gasteiger partial charge in [-0.2, -0.15) is 0 Å². The second kappa shape index (κ2) is 8.31. The Labute approximate surface area is 178 Å². The van der Waals surface area contributed by atoms with Crippen LogP contribution in [-0.4, -0.2) is 50.5 Å². The summed E-state index contributed by atoms with van der Waals surface area (Å²) in [5.74, 6) is -0.164. The molecule has 2 aromatic rings. The number of benzene rings is 2. The van der Waals surface area contributed by atoms with Crippen molar-refractivity contribution in [3.63, 3.8) is 0 Å². The van der Waals surface area contributed by atoms with Gasteiger partial charge in [0.25, 0.3) is 15.9 Å². The van der Waals surface area contributed by atoms with Crippen LogP contribution in [0.4, 0.5) is 4.39 Å². The standard InChI is InChI=1S/C21H19FN4O4S/c1-30-17-6-8-18(9-7-17)31(28,29)26-11-10-19-15(13-26)12-23-21(24-19)25-20(27)14-2-4-16(22)5-3-14/h2-9,13H,10-12H2,1H3,(H,23,25,27). The van der Waals surface area contributed by atoms with Gasteiger partial charge in [-0.05, 0) is 48.5 Å². The van der Waals surface area contributed by atoms with Crippen LogP contribution in [0.25, 0.3) is 0 Å². The fraction of sp³-hybridized carbons (Fsp3) is 0.190. The third-order valence-corrected chi connectivity index (χ3v) is 6.65. The van der Waals surface area contributed by atoms with E-state index in [-0.39, 0.29) is 29.5 Å². The summed E-state index contributed by atoms with van der Waals surface area (Å²) in [5.41, 5.74) is 1.62. The van der Waals surface area contributed by atoms with Crippen LogP contribution in [0.5, 0.6) is 5.75 Å². The summed E-state index contributed by atoms with van der Waals surface area (Å²) in [6, 6.07) is 11.3. The number of carbonyl (C=O) groups excluding carboxylic acids is 1. The number of hydrogen-bond donors (Lipinski definition) is 1. The first kappa shape index (κ1) is 20.7. The van der Waals surface area contributed by atoms with Crippen LogP contribution < -0.4 is 10.1 Å². The zero-order chi connectivity index (χ0) is 22.0. The van der Waals surface area contributed by atoms with E-state index in [9.17, 15) is 17.6 Å². The molecule has 10 heteroatoms. The molecule has 0 saturated carbocycles. The third-order valence-electron chi connectivity index (χ3n) is 4.88. The highest BCUT2D eigenvalue weighted by Crippen LogP contribution is 2.25. The summed E-state index contributed by atoms with van der Waals surface area (Å²) in [6.07, 6.45) is 1.91. The maximum Gasteiger partial charge on any atom is 0.263 e. The number of aliphatic imine (C=N–C) groups is 2. The second-order valence-corrected chi connectivity index (χ2v) is 8.75. The van der Waals surface area contributed by atoms with Crippen molar-refractivity contribution in [2.45, 2.75) is 11.3 Å². The molecule has 0 fully saturated rings. The highest BCUT2D eigenvalue weighted by molar-refractivity contribution is 7.89.